The minimum Gasteiger partial charge on any atom is -0.454 e. The minimum atomic E-state index is -4.78. The van der Waals surface area contributed by atoms with Gasteiger partial charge in [-0.15, -0.1) is 0 Å². The first kappa shape index (κ1) is 27.4. The molecular weight excluding hydrogens is 546 g/mol. The Bertz CT molecular complexity index is 1660. The molecule has 0 radical (unpaired) electrons. The van der Waals surface area contributed by atoms with Gasteiger partial charge in [-0.25, -0.2) is 13.2 Å². The highest BCUT2D eigenvalue weighted by Crippen LogP contribution is 2.43. The second kappa shape index (κ2) is 9.77. The van der Waals surface area contributed by atoms with Crippen molar-refractivity contribution in [2.45, 2.75) is 31.5 Å². The van der Waals surface area contributed by atoms with Gasteiger partial charge in [0.15, 0.2) is 24.1 Å². The monoisotopic (exact) mass is 566 g/mol. The number of alkyl halides is 3. The van der Waals surface area contributed by atoms with Crippen molar-refractivity contribution in [1.29, 1.82) is 0 Å². The van der Waals surface area contributed by atoms with Crippen LogP contribution in [0.1, 0.15) is 19.8 Å². The Morgan fingerprint density at radius 1 is 1.15 bits per heavy atom. The molecule has 0 bridgehead atoms. The summed E-state index contributed by atoms with van der Waals surface area (Å²) in [7, 11) is 0. The second-order valence-electron chi connectivity index (χ2n) is 9.76. The Kier molecular flexibility index (Phi) is 6.68. The van der Waals surface area contributed by atoms with E-state index in [0.29, 0.717) is 12.8 Å². The van der Waals surface area contributed by atoms with Crippen LogP contribution in [0.15, 0.2) is 36.4 Å². The highest BCUT2D eigenvalue weighted by molar-refractivity contribution is 6.04. The van der Waals surface area contributed by atoms with Crippen molar-refractivity contribution in [3.8, 4) is 17.1 Å². The Morgan fingerprint density at radius 2 is 1.90 bits per heavy atom. The van der Waals surface area contributed by atoms with Crippen molar-refractivity contribution in [2.75, 3.05) is 24.6 Å². The summed E-state index contributed by atoms with van der Waals surface area (Å²) >= 11 is 0. The van der Waals surface area contributed by atoms with Crippen LogP contribution in [0.2, 0.25) is 0 Å². The van der Waals surface area contributed by atoms with E-state index in [9.17, 15) is 37.2 Å². The van der Waals surface area contributed by atoms with Gasteiger partial charge in [0.1, 0.15) is 11.3 Å². The molecule has 1 fully saturated rings. The summed E-state index contributed by atoms with van der Waals surface area (Å²) in [5, 5.41) is 22.2. The lowest BCUT2D eigenvalue weighted by Gasteiger charge is -2.38. The number of piperidine rings is 1. The predicted octanol–water partition coefficient (Wildman–Crippen LogP) is 6.07. The van der Waals surface area contributed by atoms with Crippen molar-refractivity contribution >= 4 is 33.2 Å². The number of rotatable bonds is 5. The van der Waals surface area contributed by atoms with Gasteiger partial charge in [0.05, 0.1) is 21.5 Å². The maximum atomic E-state index is 16.3. The molecule has 0 aliphatic carbocycles. The molecule has 1 N–H and O–H groups in total. The third-order valence-electron chi connectivity index (χ3n) is 6.61. The molecule has 8 nitrogen and oxygen atoms in total. The van der Waals surface area contributed by atoms with Crippen molar-refractivity contribution in [1.82, 2.24) is 9.97 Å². The molecule has 2 heterocycles. The van der Waals surface area contributed by atoms with Crippen LogP contribution < -0.4 is 9.64 Å². The SMILES string of the molecule is C[C@@]1(O)CCCN(c2nc(OCC(F)(F)F)nc3c(F)c(-c4cccc5ccc(F)c(F)c45)c([N+](=O)[O-])cc23)C1. The third kappa shape index (κ3) is 5.06. The van der Waals surface area contributed by atoms with Gasteiger partial charge in [-0.05, 0) is 31.2 Å². The van der Waals surface area contributed by atoms with Crippen LogP contribution in [-0.2, 0) is 0 Å². The average Bonchev–Trinajstić information content (AvgIpc) is 2.88. The normalized spacial score (nSPS) is 17.9. The molecular formula is C26H20F6N4O4. The Labute approximate surface area is 222 Å². The zero-order valence-electron chi connectivity index (χ0n) is 20.7. The van der Waals surface area contributed by atoms with Crippen LogP contribution in [0.25, 0.3) is 32.8 Å². The summed E-state index contributed by atoms with van der Waals surface area (Å²) in [6, 6.07) is 6.05. The van der Waals surface area contributed by atoms with Crippen LogP contribution in [-0.4, -0.2) is 51.5 Å². The van der Waals surface area contributed by atoms with E-state index < -0.39 is 68.9 Å². The van der Waals surface area contributed by atoms with Crippen molar-refractivity contribution in [2.24, 2.45) is 0 Å². The molecule has 1 aliphatic rings. The quantitative estimate of drug-likeness (QED) is 0.178. The molecule has 1 aliphatic heterocycles. The molecule has 1 aromatic heterocycles. The number of nitro benzene ring substituents is 1. The van der Waals surface area contributed by atoms with Gasteiger partial charge in [-0.3, -0.25) is 10.1 Å². The summed E-state index contributed by atoms with van der Waals surface area (Å²) in [5.74, 6) is -4.20. The first-order chi connectivity index (χ1) is 18.8. The molecule has 4 aromatic rings. The third-order valence-corrected chi connectivity index (χ3v) is 6.61. The summed E-state index contributed by atoms with van der Waals surface area (Å²) in [6.45, 7) is -0.0986. The molecule has 1 atom stereocenters. The number of hydrogen-bond acceptors (Lipinski definition) is 7. The fourth-order valence-electron chi connectivity index (χ4n) is 4.95. The van der Waals surface area contributed by atoms with Crippen LogP contribution in [0.4, 0.5) is 37.8 Å². The van der Waals surface area contributed by atoms with E-state index >= 15 is 4.39 Å². The lowest BCUT2D eigenvalue weighted by molar-refractivity contribution is -0.384. The Balaban J connectivity index is 1.83. The molecule has 40 heavy (non-hydrogen) atoms. The summed E-state index contributed by atoms with van der Waals surface area (Å²) in [6.07, 6.45) is -3.95. The van der Waals surface area contributed by atoms with E-state index in [2.05, 4.69) is 9.97 Å². The van der Waals surface area contributed by atoms with Crippen LogP contribution in [0.3, 0.4) is 0 Å². The summed E-state index contributed by atoms with van der Waals surface area (Å²) in [5.41, 5.74) is -3.82. The number of anilines is 1. The number of nitro groups is 1. The van der Waals surface area contributed by atoms with Crippen molar-refractivity contribution in [3.63, 3.8) is 0 Å². The molecule has 0 saturated carbocycles. The Morgan fingerprint density at radius 3 is 2.58 bits per heavy atom. The molecule has 210 valence electrons. The number of fused-ring (bicyclic) bond motifs is 2. The van der Waals surface area contributed by atoms with E-state index in [1.807, 2.05) is 0 Å². The fraction of sp³-hybridized carbons (Fsp3) is 0.308. The summed E-state index contributed by atoms with van der Waals surface area (Å²) in [4.78, 5) is 20.5. The largest absolute Gasteiger partial charge is 0.454 e. The molecule has 0 unspecified atom stereocenters. The highest BCUT2D eigenvalue weighted by Gasteiger charge is 2.34. The number of benzene rings is 3. The van der Waals surface area contributed by atoms with E-state index in [1.54, 1.807) is 0 Å². The number of β-amino-alcohol motifs (C(OH)–C–C–N with tert-alkyl or cyclic N) is 1. The van der Waals surface area contributed by atoms with Gasteiger partial charge >= 0.3 is 12.2 Å². The van der Waals surface area contributed by atoms with Crippen LogP contribution in [0, 0.1) is 27.6 Å². The molecule has 0 spiro atoms. The Hall–Kier alpha value is -4.20. The molecule has 0 amide bonds. The predicted molar refractivity (Wildman–Crippen MR) is 133 cm³/mol. The maximum absolute atomic E-state index is 16.3. The molecule has 1 saturated heterocycles. The van der Waals surface area contributed by atoms with Gasteiger partial charge in [0, 0.05) is 30.1 Å². The fourth-order valence-corrected chi connectivity index (χ4v) is 4.95. The van der Waals surface area contributed by atoms with E-state index in [0.717, 1.165) is 18.2 Å². The van der Waals surface area contributed by atoms with E-state index in [1.165, 1.54) is 30.0 Å². The molecule has 5 rings (SSSR count). The van der Waals surface area contributed by atoms with Gasteiger partial charge in [-0.1, -0.05) is 24.3 Å². The number of halogens is 6. The van der Waals surface area contributed by atoms with Gasteiger partial charge in [0.2, 0.25) is 0 Å². The highest BCUT2D eigenvalue weighted by atomic mass is 19.4. The number of aliphatic hydroxyl groups is 1. The van der Waals surface area contributed by atoms with Gasteiger partial charge < -0.3 is 14.7 Å². The number of ether oxygens (including phenoxy) is 1. The lowest BCUT2D eigenvalue weighted by Crippen LogP contribution is -2.46. The smallest absolute Gasteiger partial charge is 0.422 e. The lowest BCUT2D eigenvalue weighted by atomic mass is 9.93. The van der Waals surface area contributed by atoms with Gasteiger partial charge in [0.25, 0.3) is 5.69 Å². The van der Waals surface area contributed by atoms with Crippen LogP contribution in [0.5, 0.6) is 6.01 Å². The van der Waals surface area contributed by atoms with Gasteiger partial charge in [-0.2, -0.15) is 23.1 Å². The topological polar surface area (TPSA) is 102 Å². The second-order valence-corrected chi connectivity index (χ2v) is 9.76. The number of hydrogen-bond donors (Lipinski definition) is 1. The summed E-state index contributed by atoms with van der Waals surface area (Å²) < 4.78 is 88.8. The van der Waals surface area contributed by atoms with Crippen molar-refractivity contribution in [3.05, 3.63) is 64.0 Å². The zero-order valence-corrected chi connectivity index (χ0v) is 20.7. The molecule has 14 heteroatoms. The van der Waals surface area contributed by atoms with E-state index in [-0.39, 0.29) is 35.2 Å². The first-order valence-electron chi connectivity index (χ1n) is 12.0. The zero-order chi connectivity index (χ0) is 29.0. The van der Waals surface area contributed by atoms with Crippen molar-refractivity contribution < 1.29 is 41.1 Å². The standard InChI is InChI=1S/C26H20F6N4O4/c1-25(37)8-3-9-35(11-25)23-15-10-17(36(38)39)19(14-5-2-4-13-6-7-16(27)20(28)18(13)14)21(29)22(15)33-24(34-23)40-12-26(30,31)32/h2,4-7,10,37H,3,8-9,11-12H2,1H3/t25-/m1/s1. The number of aromatic nitrogens is 2. The minimum absolute atomic E-state index is 0.0667. The first-order valence-corrected chi connectivity index (χ1v) is 12.0. The van der Waals surface area contributed by atoms with E-state index in [4.69, 9.17) is 4.74 Å². The average molecular weight is 566 g/mol. The number of nitrogens with zero attached hydrogens (tertiary/aromatic N) is 4. The molecule has 3 aromatic carbocycles. The maximum Gasteiger partial charge on any atom is 0.422 e. The van der Waals surface area contributed by atoms with Crippen LogP contribution >= 0.6 is 0 Å².